The van der Waals surface area contributed by atoms with Gasteiger partial charge in [0, 0.05) is 5.56 Å². The van der Waals surface area contributed by atoms with Crippen molar-refractivity contribution in [3.05, 3.63) is 36.4 Å². The minimum absolute atomic E-state index is 0.716. The van der Waals surface area contributed by atoms with Gasteiger partial charge in [0.25, 0.3) is 0 Å². The first-order chi connectivity index (χ1) is 7.33. The summed E-state index contributed by atoms with van der Waals surface area (Å²) in [5, 5.41) is 0. The molecule has 82 valence electrons. The second-order valence-corrected chi connectivity index (χ2v) is 3.29. The summed E-state index contributed by atoms with van der Waals surface area (Å²) in [5.74, 6) is 1.64. The van der Waals surface area contributed by atoms with Gasteiger partial charge in [0.15, 0.2) is 11.5 Å². The molecular weight excluding hydrogens is 188 g/mol. The van der Waals surface area contributed by atoms with Crippen LogP contribution < -0.4 is 9.47 Å². The molecule has 0 saturated heterocycles. The maximum atomic E-state index is 5.60. The molecule has 0 unspecified atom stereocenters. The van der Waals surface area contributed by atoms with Gasteiger partial charge in [-0.05, 0) is 18.9 Å². The highest BCUT2D eigenvalue weighted by Crippen LogP contribution is 2.31. The molecule has 0 aliphatic heterocycles. The molecule has 0 atom stereocenters. The van der Waals surface area contributed by atoms with E-state index >= 15 is 0 Å². The Morgan fingerprint density at radius 2 is 2.20 bits per heavy atom. The van der Waals surface area contributed by atoms with Crippen molar-refractivity contribution in [1.82, 2.24) is 0 Å². The lowest BCUT2D eigenvalue weighted by Gasteiger charge is -2.13. The molecule has 0 N–H and O–H groups in total. The lowest BCUT2D eigenvalue weighted by Crippen LogP contribution is -1.99. The van der Waals surface area contributed by atoms with Crippen molar-refractivity contribution in [1.29, 1.82) is 0 Å². The largest absolute Gasteiger partial charge is 0.493 e. The molecule has 0 aliphatic rings. The SMILES string of the molecule is C=CCc1cccc(OCCC)c1OC. The Bertz CT molecular complexity index is 318. The van der Waals surface area contributed by atoms with E-state index in [0.29, 0.717) is 6.61 Å². The van der Waals surface area contributed by atoms with Crippen LogP contribution in [0.15, 0.2) is 30.9 Å². The van der Waals surface area contributed by atoms with Gasteiger partial charge in [-0.1, -0.05) is 25.1 Å². The third kappa shape index (κ3) is 3.01. The highest BCUT2D eigenvalue weighted by atomic mass is 16.5. The molecule has 15 heavy (non-hydrogen) atoms. The van der Waals surface area contributed by atoms with E-state index in [9.17, 15) is 0 Å². The van der Waals surface area contributed by atoms with Crippen LogP contribution in [0.5, 0.6) is 11.5 Å². The quantitative estimate of drug-likeness (QED) is 0.665. The fourth-order valence-electron chi connectivity index (χ4n) is 1.43. The Balaban J connectivity index is 2.93. The van der Waals surface area contributed by atoms with E-state index in [4.69, 9.17) is 9.47 Å². The number of ether oxygens (including phenoxy) is 2. The highest BCUT2D eigenvalue weighted by molar-refractivity contribution is 5.47. The van der Waals surface area contributed by atoms with Gasteiger partial charge in [0.2, 0.25) is 0 Å². The van der Waals surface area contributed by atoms with Crippen LogP contribution in [0.2, 0.25) is 0 Å². The van der Waals surface area contributed by atoms with Gasteiger partial charge in [-0.2, -0.15) is 0 Å². The molecule has 0 saturated carbocycles. The Kier molecular flexibility index (Phi) is 4.75. The summed E-state index contributed by atoms with van der Waals surface area (Å²) in [6.45, 7) is 6.53. The highest BCUT2D eigenvalue weighted by Gasteiger charge is 2.08. The smallest absolute Gasteiger partial charge is 0.164 e. The maximum Gasteiger partial charge on any atom is 0.164 e. The average Bonchev–Trinajstić information content (AvgIpc) is 2.27. The molecular formula is C13H18O2. The van der Waals surface area contributed by atoms with Gasteiger partial charge in [-0.15, -0.1) is 6.58 Å². The Hall–Kier alpha value is -1.44. The minimum Gasteiger partial charge on any atom is -0.493 e. The molecule has 0 heterocycles. The molecule has 1 aromatic rings. The Morgan fingerprint density at radius 1 is 1.40 bits per heavy atom. The summed E-state index contributed by atoms with van der Waals surface area (Å²) in [7, 11) is 1.67. The van der Waals surface area contributed by atoms with E-state index in [1.54, 1.807) is 7.11 Å². The van der Waals surface area contributed by atoms with Gasteiger partial charge in [-0.3, -0.25) is 0 Å². The van der Waals surface area contributed by atoms with E-state index in [-0.39, 0.29) is 0 Å². The minimum atomic E-state index is 0.716. The third-order valence-corrected chi connectivity index (χ3v) is 2.09. The molecule has 0 aromatic heterocycles. The number of rotatable bonds is 6. The second kappa shape index (κ2) is 6.12. The molecule has 0 aliphatic carbocycles. The average molecular weight is 206 g/mol. The summed E-state index contributed by atoms with van der Waals surface area (Å²) in [6.07, 6.45) is 3.66. The lowest BCUT2D eigenvalue weighted by molar-refractivity contribution is 0.293. The van der Waals surface area contributed by atoms with Crippen LogP contribution in [-0.2, 0) is 6.42 Å². The van der Waals surface area contributed by atoms with Crippen molar-refractivity contribution >= 4 is 0 Å². The summed E-state index contributed by atoms with van der Waals surface area (Å²) in [4.78, 5) is 0. The molecule has 2 heteroatoms. The summed E-state index contributed by atoms with van der Waals surface area (Å²) in [6, 6.07) is 5.94. The zero-order chi connectivity index (χ0) is 11.1. The summed E-state index contributed by atoms with van der Waals surface area (Å²) < 4.78 is 11.0. The molecule has 0 fully saturated rings. The number of methoxy groups -OCH3 is 1. The topological polar surface area (TPSA) is 18.5 Å². The van der Waals surface area contributed by atoms with Crippen LogP contribution in [0.3, 0.4) is 0 Å². The number of hydrogen-bond acceptors (Lipinski definition) is 2. The first-order valence-corrected chi connectivity index (χ1v) is 5.23. The first kappa shape index (κ1) is 11.6. The van der Waals surface area contributed by atoms with Crippen molar-refractivity contribution in [3.8, 4) is 11.5 Å². The van der Waals surface area contributed by atoms with E-state index in [2.05, 4.69) is 13.5 Å². The fraction of sp³-hybridized carbons (Fsp3) is 0.385. The van der Waals surface area contributed by atoms with E-state index < -0.39 is 0 Å². The van der Waals surface area contributed by atoms with Crippen LogP contribution in [0.4, 0.5) is 0 Å². The standard InChI is InChI=1S/C13H18O2/c1-4-7-11-8-6-9-12(13(11)14-3)15-10-5-2/h4,6,8-9H,1,5,7,10H2,2-3H3. The van der Waals surface area contributed by atoms with Crippen molar-refractivity contribution in [2.45, 2.75) is 19.8 Å². The molecule has 0 spiro atoms. The van der Waals surface area contributed by atoms with E-state index in [0.717, 1.165) is 29.9 Å². The predicted octanol–water partition coefficient (Wildman–Crippen LogP) is 3.21. The number of benzene rings is 1. The third-order valence-electron chi connectivity index (χ3n) is 2.09. The molecule has 1 rings (SSSR count). The summed E-state index contributed by atoms with van der Waals surface area (Å²) in [5.41, 5.74) is 1.11. The lowest BCUT2D eigenvalue weighted by atomic mass is 10.1. The fourth-order valence-corrected chi connectivity index (χ4v) is 1.43. The van der Waals surface area contributed by atoms with Gasteiger partial charge in [0.05, 0.1) is 13.7 Å². The van der Waals surface area contributed by atoms with Crippen LogP contribution in [0.25, 0.3) is 0 Å². The van der Waals surface area contributed by atoms with Crippen molar-refractivity contribution in [3.63, 3.8) is 0 Å². The zero-order valence-electron chi connectivity index (χ0n) is 9.45. The van der Waals surface area contributed by atoms with Crippen molar-refractivity contribution < 1.29 is 9.47 Å². The van der Waals surface area contributed by atoms with Gasteiger partial charge in [-0.25, -0.2) is 0 Å². The Labute approximate surface area is 91.5 Å². The van der Waals surface area contributed by atoms with Gasteiger partial charge >= 0.3 is 0 Å². The van der Waals surface area contributed by atoms with E-state index in [1.165, 1.54) is 0 Å². The number of allylic oxidation sites excluding steroid dienone is 1. The predicted molar refractivity (Wildman–Crippen MR) is 62.7 cm³/mol. The summed E-state index contributed by atoms with van der Waals surface area (Å²) >= 11 is 0. The van der Waals surface area contributed by atoms with Gasteiger partial charge in [0.1, 0.15) is 0 Å². The molecule has 0 amide bonds. The molecule has 0 radical (unpaired) electrons. The van der Waals surface area contributed by atoms with Crippen LogP contribution in [0, 0.1) is 0 Å². The van der Waals surface area contributed by atoms with Crippen LogP contribution >= 0.6 is 0 Å². The van der Waals surface area contributed by atoms with Crippen molar-refractivity contribution in [2.24, 2.45) is 0 Å². The molecule has 1 aromatic carbocycles. The van der Waals surface area contributed by atoms with Crippen LogP contribution in [0.1, 0.15) is 18.9 Å². The van der Waals surface area contributed by atoms with E-state index in [1.807, 2.05) is 24.3 Å². The monoisotopic (exact) mass is 206 g/mol. The zero-order valence-corrected chi connectivity index (χ0v) is 9.45. The Morgan fingerprint density at radius 3 is 2.80 bits per heavy atom. The van der Waals surface area contributed by atoms with Crippen LogP contribution in [-0.4, -0.2) is 13.7 Å². The maximum absolute atomic E-state index is 5.60. The normalized spacial score (nSPS) is 9.73. The molecule has 0 bridgehead atoms. The second-order valence-electron chi connectivity index (χ2n) is 3.29. The number of para-hydroxylation sites is 1. The first-order valence-electron chi connectivity index (χ1n) is 5.23. The van der Waals surface area contributed by atoms with Gasteiger partial charge < -0.3 is 9.47 Å². The molecule has 2 nitrogen and oxygen atoms in total. The van der Waals surface area contributed by atoms with Crippen molar-refractivity contribution in [2.75, 3.05) is 13.7 Å². The number of hydrogen-bond donors (Lipinski definition) is 0.